The van der Waals surface area contributed by atoms with Gasteiger partial charge in [0.15, 0.2) is 0 Å². The van der Waals surface area contributed by atoms with Gasteiger partial charge in [-0.15, -0.1) is 11.3 Å². The molecule has 1 amide bonds. The van der Waals surface area contributed by atoms with Crippen molar-refractivity contribution >= 4 is 28.3 Å². The smallest absolute Gasteiger partial charge is 0.261 e. The van der Waals surface area contributed by atoms with Gasteiger partial charge in [-0.25, -0.2) is 4.98 Å². The number of amides is 1. The van der Waals surface area contributed by atoms with E-state index in [1.165, 1.54) is 120 Å². The minimum absolute atomic E-state index is 0.00969. The SMILES string of the molecule is CCCCCCCCCCCCCCCCCCn1c(CCNC(=O)c2cccs2)nc2ccccc21. The Hall–Kier alpha value is -2.14. The van der Waals surface area contributed by atoms with E-state index in [0.29, 0.717) is 6.54 Å². The fraction of sp³-hybridized carbons (Fsp3) is 0.625. The predicted molar refractivity (Wildman–Crippen MR) is 160 cm³/mol. The third-order valence-electron chi connectivity index (χ3n) is 7.35. The molecular weight excluding hydrogens is 474 g/mol. The molecule has 0 saturated carbocycles. The third-order valence-corrected chi connectivity index (χ3v) is 8.22. The number of carbonyl (C=O) groups excluding carboxylic acids is 1. The molecule has 0 saturated heterocycles. The molecule has 0 spiro atoms. The van der Waals surface area contributed by atoms with E-state index < -0.39 is 0 Å². The number of imidazole rings is 1. The molecule has 3 rings (SSSR count). The number of hydrogen-bond donors (Lipinski definition) is 1. The fourth-order valence-corrected chi connectivity index (χ4v) is 5.81. The third kappa shape index (κ3) is 11.0. The molecule has 4 nitrogen and oxygen atoms in total. The van der Waals surface area contributed by atoms with Gasteiger partial charge in [0.25, 0.3) is 5.91 Å². The van der Waals surface area contributed by atoms with E-state index in [4.69, 9.17) is 4.98 Å². The molecule has 0 aliphatic carbocycles. The number of aromatic nitrogens is 2. The van der Waals surface area contributed by atoms with Gasteiger partial charge < -0.3 is 9.88 Å². The molecule has 0 radical (unpaired) electrons. The van der Waals surface area contributed by atoms with E-state index in [0.717, 1.165) is 29.2 Å². The molecule has 1 N–H and O–H groups in total. The first kappa shape index (κ1) is 29.4. The van der Waals surface area contributed by atoms with E-state index in [1.54, 1.807) is 0 Å². The second-order valence-electron chi connectivity index (χ2n) is 10.5. The number of nitrogens with one attached hydrogen (secondary N) is 1. The summed E-state index contributed by atoms with van der Waals surface area (Å²) in [5.41, 5.74) is 2.27. The number of nitrogens with zero attached hydrogens (tertiary/aromatic N) is 2. The quantitative estimate of drug-likeness (QED) is 0.141. The molecule has 0 bridgehead atoms. The maximum atomic E-state index is 12.3. The van der Waals surface area contributed by atoms with Crippen molar-refractivity contribution in [2.75, 3.05) is 6.54 Å². The molecule has 0 aliphatic heterocycles. The van der Waals surface area contributed by atoms with Crippen molar-refractivity contribution < 1.29 is 4.79 Å². The van der Waals surface area contributed by atoms with Gasteiger partial charge in [0.1, 0.15) is 5.82 Å². The van der Waals surface area contributed by atoms with Crippen molar-refractivity contribution in [2.24, 2.45) is 0 Å². The Kier molecular flexibility index (Phi) is 14.4. The highest BCUT2D eigenvalue weighted by Crippen LogP contribution is 2.19. The van der Waals surface area contributed by atoms with Gasteiger partial charge in [-0.2, -0.15) is 0 Å². The second kappa shape index (κ2) is 18.2. The van der Waals surface area contributed by atoms with Crippen LogP contribution in [0.15, 0.2) is 41.8 Å². The van der Waals surface area contributed by atoms with Crippen LogP contribution in [0.5, 0.6) is 0 Å². The molecule has 37 heavy (non-hydrogen) atoms. The number of carbonyl (C=O) groups is 1. The first-order chi connectivity index (χ1) is 18.3. The molecule has 3 aromatic rings. The van der Waals surface area contributed by atoms with Gasteiger partial charge >= 0.3 is 0 Å². The highest BCUT2D eigenvalue weighted by molar-refractivity contribution is 7.12. The van der Waals surface area contributed by atoms with Gasteiger partial charge in [0, 0.05) is 19.5 Å². The molecule has 0 unspecified atom stereocenters. The van der Waals surface area contributed by atoms with E-state index in [1.807, 2.05) is 17.5 Å². The van der Waals surface area contributed by atoms with Crippen LogP contribution in [0.4, 0.5) is 0 Å². The van der Waals surface area contributed by atoms with Crippen LogP contribution in [0, 0.1) is 0 Å². The molecular formula is C32H49N3OS. The predicted octanol–water partition coefficient (Wildman–Crippen LogP) is 9.33. The molecule has 204 valence electrons. The Bertz CT molecular complexity index is 995. The van der Waals surface area contributed by atoms with Gasteiger partial charge in [-0.1, -0.05) is 121 Å². The lowest BCUT2D eigenvalue weighted by molar-refractivity contribution is 0.0958. The summed E-state index contributed by atoms with van der Waals surface area (Å²) in [6.07, 6.45) is 23.0. The van der Waals surface area contributed by atoms with Crippen molar-refractivity contribution in [1.29, 1.82) is 0 Å². The van der Waals surface area contributed by atoms with Gasteiger partial charge in [-0.3, -0.25) is 4.79 Å². The van der Waals surface area contributed by atoms with Gasteiger partial charge in [-0.05, 0) is 30.0 Å². The van der Waals surface area contributed by atoms with Crippen LogP contribution < -0.4 is 5.32 Å². The summed E-state index contributed by atoms with van der Waals surface area (Å²) in [5.74, 6) is 1.09. The summed E-state index contributed by atoms with van der Waals surface area (Å²) in [6.45, 7) is 3.91. The number of thiophene rings is 1. The van der Waals surface area contributed by atoms with Crippen molar-refractivity contribution in [3.63, 3.8) is 0 Å². The molecule has 2 heterocycles. The van der Waals surface area contributed by atoms with Gasteiger partial charge in [0.05, 0.1) is 15.9 Å². The standard InChI is InChI=1S/C32H49N3OS/c1-2-3-4-5-6-7-8-9-10-11-12-13-14-15-16-19-26-35-29-22-18-17-21-28(29)34-31(35)24-25-33-32(36)30-23-20-27-37-30/h17-18,20-23,27H,2-16,19,24-26H2,1H3,(H,33,36). The van der Waals surface area contributed by atoms with Gasteiger partial charge in [0.2, 0.25) is 0 Å². The Morgan fingerprint density at radius 1 is 0.784 bits per heavy atom. The number of benzene rings is 1. The van der Waals surface area contributed by atoms with Crippen LogP contribution in [0.25, 0.3) is 11.0 Å². The zero-order valence-electron chi connectivity index (χ0n) is 23.2. The highest BCUT2D eigenvalue weighted by atomic mass is 32.1. The van der Waals surface area contributed by atoms with Crippen LogP contribution in [0.2, 0.25) is 0 Å². The Morgan fingerprint density at radius 3 is 1.97 bits per heavy atom. The Labute approximate surface area is 229 Å². The van der Waals surface area contributed by atoms with Crippen molar-refractivity contribution in [3.05, 3.63) is 52.5 Å². The maximum absolute atomic E-state index is 12.3. The molecule has 0 atom stereocenters. The van der Waals surface area contributed by atoms with Crippen LogP contribution in [0.3, 0.4) is 0 Å². The molecule has 1 aromatic carbocycles. The van der Waals surface area contributed by atoms with Crippen LogP contribution >= 0.6 is 11.3 Å². The number of unbranched alkanes of at least 4 members (excludes halogenated alkanes) is 15. The summed E-state index contributed by atoms with van der Waals surface area (Å²) in [6, 6.07) is 12.2. The lowest BCUT2D eigenvalue weighted by Crippen LogP contribution is -2.25. The Morgan fingerprint density at radius 2 is 1.38 bits per heavy atom. The first-order valence-corrected chi connectivity index (χ1v) is 15.9. The maximum Gasteiger partial charge on any atom is 0.261 e. The number of para-hydroxylation sites is 2. The Balaban J connectivity index is 1.26. The molecule has 5 heteroatoms. The second-order valence-corrected chi connectivity index (χ2v) is 11.4. The monoisotopic (exact) mass is 523 g/mol. The normalized spacial score (nSPS) is 11.4. The lowest BCUT2D eigenvalue weighted by atomic mass is 10.0. The first-order valence-electron chi connectivity index (χ1n) is 15.1. The van der Waals surface area contributed by atoms with E-state index in [9.17, 15) is 4.79 Å². The van der Waals surface area contributed by atoms with E-state index in [-0.39, 0.29) is 5.91 Å². The molecule has 2 aromatic heterocycles. The summed E-state index contributed by atoms with van der Waals surface area (Å²) in [4.78, 5) is 17.9. The number of fused-ring (bicyclic) bond motifs is 1. The van der Waals surface area contributed by atoms with Crippen molar-refractivity contribution in [2.45, 2.75) is 123 Å². The minimum Gasteiger partial charge on any atom is -0.351 e. The zero-order valence-corrected chi connectivity index (χ0v) is 24.0. The van der Waals surface area contributed by atoms with Crippen LogP contribution in [-0.4, -0.2) is 22.0 Å². The van der Waals surface area contributed by atoms with Crippen molar-refractivity contribution in [3.8, 4) is 0 Å². The fourth-order valence-electron chi connectivity index (χ4n) is 5.17. The molecule has 0 fully saturated rings. The lowest BCUT2D eigenvalue weighted by Gasteiger charge is -2.10. The van der Waals surface area contributed by atoms with Crippen LogP contribution in [0.1, 0.15) is 125 Å². The van der Waals surface area contributed by atoms with E-state index in [2.05, 4.69) is 41.1 Å². The van der Waals surface area contributed by atoms with Crippen LogP contribution in [-0.2, 0) is 13.0 Å². The largest absolute Gasteiger partial charge is 0.351 e. The number of hydrogen-bond acceptors (Lipinski definition) is 3. The average Bonchev–Trinajstić information content (AvgIpc) is 3.57. The zero-order chi connectivity index (χ0) is 26.0. The van der Waals surface area contributed by atoms with Crippen molar-refractivity contribution in [1.82, 2.24) is 14.9 Å². The minimum atomic E-state index is 0.00969. The average molecular weight is 524 g/mol. The molecule has 0 aliphatic rings. The highest BCUT2D eigenvalue weighted by Gasteiger charge is 2.11. The summed E-state index contributed by atoms with van der Waals surface area (Å²) < 4.78 is 2.37. The number of rotatable bonds is 21. The summed E-state index contributed by atoms with van der Waals surface area (Å²) in [5, 5.41) is 4.98. The summed E-state index contributed by atoms with van der Waals surface area (Å²) in [7, 11) is 0. The summed E-state index contributed by atoms with van der Waals surface area (Å²) >= 11 is 1.48. The van der Waals surface area contributed by atoms with E-state index >= 15 is 0 Å². The topological polar surface area (TPSA) is 46.9 Å². The number of aryl methyl sites for hydroxylation is 1.